The van der Waals surface area contributed by atoms with Gasteiger partial charge in [-0.25, -0.2) is 31.6 Å². The van der Waals surface area contributed by atoms with Crippen molar-refractivity contribution in [2.45, 2.75) is 43.7 Å². The molecule has 3 aromatic rings. The van der Waals surface area contributed by atoms with Crippen molar-refractivity contribution in [2.75, 3.05) is 7.11 Å². The lowest BCUT2D eigenvalue weighted by Crippen LogP contribution is -2.37. The standard InChI is InChI=1S/C28H27ClF3N5O5S/c1-15(9-22(26(33-3)42-4)36-43(40,41)23-8-6-18(30)11-20(23)29)17-5-7-21-19(10-17)27(39)37(14-34-21)13-16(2)25(38)35-24-12-28(24,31)32/h5-11,14,16,24,36H,3,12-13H2,1-2,4H3,(H,35,38)/b15-9+,26-22-. The molecule has 15 heteroatoms. The van der Waals surface area contributed by atoms with Crippen LogP contribution in [0.2, 0.25) is 5.02 Å². The number of aromatic nitrogens is 2. The minimum atomic E-state index is -4.33. The van der Waals surface area contributed by atoms with Crippen molar-refractivity contribution in [3.8, 4) is 0 Å². The lowest BCUT2D eigenvalue weighted by molar-refractivity contribution is -0.125. The summed E-state index contributed by atoms with van der Waals surface area (Å²) in [7, 11) is -3.07. The summed E-state index contributed by atoms with van der Waals surface area (Å²) in [5, 5.41) is 2.14. The molecular weight excluding hydrogens is 611 g/mol. The Morgan fingerprint density at radius 3 is 2.63 bits per heavy atom. The summed E-state index contributed by atoms with van der Waals surface area (Å²) in [6, 6.07) is 6.41. The number of methoxy groups -OCH3 is 1. The highest BCUT2D eigenvalue weighted by Crippen LogP contribution is 2.41. The minimum Gasteiger partial charge on any atom is -0.480 e. The van der Waals surface area contributed by atoms with Gasteiger partial charge >= 0.3 is 0 Å². The van der Waals surface area contributed by atoms with Gasteiger partial charge in [0, 0.05) is 13.0 Å². The van der Waals surface area contributed by atoms with Gasteiger partial charge in [-0.1, -0.05) is 24.6 Å². The van der Waals surface area contributed by atoms with Gasteiger partial charge < -0.3 is 10.1 Å². The van der Waals surface area contributed by atoms with E-state index < -0.39 is 51.6 Å². The van der Waals surface area contributed by atoms with Crippen LogP contribution in [0.3, 0.4) is 0 Å². The van der Waals surface area contributed by atoms with E-state index in [2.05, 4.69) is 26.7 Å². The molecule has 1 amide bonds. The van der Waals surface area contributed by atoms with E-state index in [-0.39, 0.29) is 33.4 Å². The number of ether oxygens (including phenoxy) is 1. The normalized spacial score (nSPS) is 17.6. The van der Waals surface area contributed by atoms with Crippen molar-refractivity contribution < 1.29 is 31.1 Å². The molecule has 2 unspecified atom stereocenters. The molecule has 1 aliphatic carbocycles. The van der Waals surface area contributed by atoms with E-state index >= 15 is 0 Å². The third-order valence-electron chi connectivity index (χ3n) is 6.70. The Bertz CT molecular complexity index is 1840. The molecule has 0 spiro atoms. The molecule has 0 saturated heterocycles. The van der Waals surface area contributed by atoms with Crippen LogP contribution in [-0.2, 0) is 26.1 Å². The van der Waals surface area contributed by atoms with Crippen LogP contribution in [0.5, 0.6) is 0 Å². The molecule has 1 saturated carbocycles. The maximum absolute atomic E-state index is 13.5. The summed E-state index contributed by atoms with van der Waals surface area (Å²) < 4.78 is 74.8. The second-order valence-electron chi connectivity index (χ2n) is 9.95. The number of nitrogens with one attached hydrogen (secondary N) is 2. The molecule has 4 rings (SSSR count). The smallest absolute Gasteiger partial charge is 0.270 e. The van der Waals surface area contributed by atoms with Crippen molar-refractivity contribution in [1.82, 2.24) is 19.6 Å². The van der Waals surface area contributed by atoms with Crippen molar-refractivity contribution in [2.24, 2.45) is 10.9 Å². The number of amides is 1. The summed E-state index contributed by atoms with van der Waals surface area (Å²) in [5.74, 6) is -5.19. The molecular formula is C28H27ClF3N5O5S. The highest BCUT2D eigenvalue weighted by molar-refractivity contribution is 7.89. The Morgan fingerprint density at radius 1 is 1.33 bits per heavy atom. The topological polar surface area (TPSA) is 132 Å². The molecule has 1 fully saturated rings. The van der Waals surface area contributed by atoms with E-state index in [1.165, 1.54) is 31.0 Å². The molecule has 1 aromatic heterocycles. The zero-order valence-corrected chi connectivity index (χ0v) is 24.8. The zero-order chi connectivity index (χ0) is 31.7. The molecule has 0 radical (unpaired) electrons. The lowest BCUT2D eigenvalue weighted by atomic mass is 10.0. The molecule has 2 aromatic carbocycles. The number of carbonyl (C=O) groups is 1. The van der Waals surface area contributed by atoms with E-state index in [0.29, 0.717) is 16.7 Å². The van der Waals surface area contributed by atoms with Crippen LogP contribution < -0.4 is 15.6 Å². The van der Waals surface area contributed by atoms with Gasteiger partial charge in [0.25, 0.3) is 21.5 Å². The molecule has 2 N–H and O–H groups in total. The van der Waals surface area contributed by atoms with Crippen LogP contribution in [-0.4, -0.2) is 49.7 Å². The Balaban J connectivity index is 1.64. The number of nitrogens with zero attached hydrogens (tertiary/aromatic N) is 3. The maximum atomic E-state index is 13.5. The second kappa shape index (κ2) is 12.2. The Kier molecular flexibility index (Phi) is 9.02. The summed E-state index contributed by atoms with van der Waals surface area (Å²) in [6.07, 6.45) is 2.27. The summed E-state index contributed by atoms with van der Waals surface area (Å²) in [6.45, 7) is 6.47. The van der Waals surface area contributed by atoms with Gasteiger partial charge in [0.15, 0.2) is 0 Å². The van der Waals surface area contributed by atoms with E-state index in [4.69, 9.17) is 16.3 Å². The number of fused-ring (bicyclic) bond motifs is 1. The molecule has 0 aliphatic heterocycles. The molecule has 228 valence electrons. The Labute approximate surface area is 250 Å². The van der Waals surface area contributed by atoms with E-state index in [0.717, 1.165) is 18.2 Å². The number of hydrogen-bond acceptors (Lipinski definition) is 7. The Hall–Kier alpha value is -4.17. The first kappa shape index (κ1) is 31.8. The van der Waals surface area contributed by atoms with Crippen LogP contribution in [0, 0.1) is 11.7 Å². The fourth-order valence-electron chi connectivity index (χ4n) is 4.18. The molecule has 1 aliphatic rings. The van der Waals surface area contributed by atoms with Crippen molar-refractivity contribution >= 4 is 50.7 Å². The number of rotatable bonds is 11. The summed E-state index contributed by atoms with van der Waals surface area (Å²) >= 11 is 5.97. The first-order chi connectivity index (χ1) is 20.2. The predicted octanol–water partition coefficient (Wildman–Crippen LogP) is 4.25. The number of sulfonamides is 1. The third kappa shape index (κ3) is 7.08. The first-order valence-electron chi connectivity index (χ1n) is 12.8. The van der Waals surface area contributed by atoms with Crippen LogP contribution in [0.1, 0.15) is 25.8 Å². The zero-order valence-electron chi connectivity index (χ0n) is 23.2. The van der Waals surface area contributed by atoms with Crippen LogP contribution in [0.15, 0.2) is 75.1 Å². The van der Waals surface area contributed by atoms with Gasteiger partial charge in [0.2, 0.25) is 11.8 Å². The number of benzene rings is 2. The summed E-state index contributed by atoms with van der Waals surface area (Å²) in [4.78, 5) is 33.2. The fourth-order valence-corrected chi connectivity index (χ4v) is 5.76. The van der Waals surface area contributed by atoms with Crippen LogP contribution in [0.4, 0.5) is 13.2 Å². The predicted molar refractivity (Wildman–Crippen MR) is 156 cm³/mol. The monoisotopic (exact) mass is 637 g/mol. The van der Waals surface area contributed by atoms with E-state index in [9.17, 15) is 31.2 Å². The second-order valence-corrected chi connectivity index (χ2v) is 12.0. The fraction of sp³-hybridized carbons (Fsp3) is 0.286. The maximum Gasteiger partial charge on any atom is 0.270 e. The molecule has 43 heavy (non-hydrogen) atoms. The average molecular weight is 638 g/mol. The number of alkyl halides is 2. The van der Waals surface area contributed by atoms with Gasteiger partial charge in [-0.05, 0) is 61.2 Å². The highest BCUT2D eigenvalue weighted by atomic mass is 35.5. The largest absolute Gasteiger partial charge is 0.480 e. The van der Waals surface area contributed by atoms with Gasteiger partial charge in [-0.3, -0.25) is 18.9 Å². The van der Waals surface area contributed by atoms with Gasteiger partial charge in [0.05, 0.1) is 41.3 Å². The van der Waals surface area contributed by atoms with Crippen LogP contribution in [0.25, 0.3) is 16.5 Å². The lowest BCUT2D eigenvalue weighted by Gasteiger charge is -2.15. The highest BCUT2D eigenvalue weighted by Gasteiger charge is 2.58. The average Bonchev–Trinajstić information content (AvgIpc) is 3.54. The summed E-state index contributed by atoms with van der Waals surface area (Å²) in [5.41, 5.74) is 0.738. The van der Waals surface area contributed by atoms with Gasteiger partial charge in [-0.2, -0.15) is 0 Å². The number of aliphatic imine (C=N–C) groups is 1. The number of carbonyl (C=O) groups excluding carboxylic acids is 1. The third-order valence-corrected chi connectivity index (χ3v) is 8.54. The quantitative estimate of drug-likeness (QED) is 0.184. The van der Waals surface area contributed by atoms with Crippen molar-refractivity contribution in [1.29, 1.82) is 0 Å². The molecule has 2 atom stereocenters. The number of halogens is 4. The van der Waals surface area contributed by atoms with Crippen molar-refractivity contribution in [3.63, 3.8) is 0 Å². The van der Waals surface area contributed by atoms with E-state index in [1.54, 1.807) is 25.1 Å². The van der Waals surface area contributed by atoms with Crippen molar-refractivity contribution in [3.05, 3.63) is 87.1 Å². The van der Waals surface area contributed by atoms with Gasteiger partial charge in [0.1, 0.15) is 16.4 Å². The van der Waals surface area contributed by atoms with E-state index in [1.807, 2.05) is 0 Å². The first-order valence-corrected chi connectivity index (χ1v) is 14.6. The molecule has 0 bridgehead atoms. The Morgan fingerprint density at radius 2 is 2.02 bits per heavy atom. The number of allylic oxidation sites excluding steroid dienone is 2. The minimum absolute atomic E-state index is 0.0895. The SMILES string of the molecule is C=N/C(OC)=C(\C=C(/C)c1ccc2ncn(CC(C)C(=O)NC3CC3(F)F)c(=O)c2c1)NS(=O)(=O)c1ccc(F)cc1Cl. The van der Waals surface area contributed by atoms with Crippen LogP contribution >= 0.6 is 11.6 Å². The van der Waals surface area contributed by atoms with Gasteiger partial charge in [-0.15, -0.1) is 0 Å². The molecule has 1 heterocycles. The molecule has 10 nitrogen and oxygen atoms in total. The number of hydrogen-bond donors (Lipinski definition) is 2.